The van der Waals surface area contributed by atoms with Crippen LogP contribution in [0.2, 0.25) is 0 Å². The SMILES string of the molecule is c1ccc(-c2cc(-c3ccccc3)cc(-c3cccc(-c4c5[nH]c6cc7c8cccc9c%10ccccc%10n(c7cc6c5cc5c4sc4ccccc45)c98)c3)c2)cc1. The molecule has 3 heteroatoms. The number of rotatable bonds is 4. The molecule has 0 aliphatic heterocycles. The van der Waals surface area contributed by atoms with Gasteiger partial charge in [0.05, 0.1) is 22.1 Å². The van der Waals surface area contributed by atoms with Gasteiger partial charge in [0, 0.05) is 63.6 Å². The molecule has 4 aromatic heterocycles. The standard InChI is InChI=1S/C54H32N2S/c1-3-13-32(14-4-1)36-26-37(33-15-5-2-6-16-33)28-38(27-36)34-17-11-18-35(25-34)51-52-45(29-46-40-20-8-10-24-50(40)57-54(46)51)43-31-49-44(30-47(43)55-52)42-22-12-21-41-39-19-7-9-23-48(39)56(49)53(41)42/h1-31,55H. The van der Waals surface area contributed by atoms with Crippen molar-refractivity contribution in [2.24, 2.45) is 0 Å². The van der Waals surface area contributed by atoms with E-state index < -0.39 is 0 Å². The Morgan fingerprint density at radius 1 is 0.351 bits per heavy atom. The van der Waals surface area contributed by atoms with Crippen LogP contribution in [-0.2, 0) is 0 Å². The van der Waals surface area contributed by atoms with E-state index in [2.05, 4.69) is 197 Å². The predicted octanol–water partition coefficient (Wildman–Crippen LogP) is 15.5. The Hall–Kier alpha value is -7.20. The van der Waals surface area contributed by atoms with Crippen LogP contribution in [0.15, 0.2) is 188 Å². The smallest absolute Gasteiger partial charge is 0.0620 e. The lowest BCUT2D eigenvalue weighted by Gasteiger charge is -2.13. The predicted molar refractivity (Wildman–Crippen MR) is 245 cm³/mol. The fourth-order valence-corrected chi connectivity index (χ4v) is 10.9. The Bertz CT molecular complexity index is 3680. The van der Waals surface area contributed by atoms with Crippen LogP contribution in [0.3, 0.4) is 0 Å². The number of benzene rings is 9. The molecule has 13 aromatic rings. The number of thiophene rings is 1. The lowest BCUT2D eigenvalue weighted by molar-refractivity contribution is 1.37. The molecule has 0 aliphatic rings. The average molecular weight is 741 g/mol. The first kappa shape index (κ1) is 31.1. The van der Waals surface area contributed by atoms with Crippen molar-refractivity contribution in [3.8, 4) is 44.5 Å². The van der Waals surface area contributed by atoms with Crippen molar-refractivity contribution in [1.82, 2.24) is 9.38 Å². The fourth-order valence-electron chi connectivity index (χ4n) is 9.66. The number of para-hydroxylation sites is 2. The number of hydrogen-bond acceptors (Lipinski definition) is 1. The Kier molecular flexibility index (Phi) is 6.35. The van der Waals surface area contributed by atoms with Crippen molar-refractivity contribution in [2.75, 3.05) is 0 Å². The van der Waals surface area contributed by atoms with Crippen molar-refractivity contribution >= 4 is 91.4 Å². The largest absolute Gasteiger partial charge is 0.354 e. The second-order valence-electron chi connectivity index (χ2n) is 15.4. The Balaban J connectivity index is 1.09. The highest BCUT2D eigenvalue weighted by atomic mass is 32.1. The molecule has 2 nitrogen and oxygen atoms in total. The van der Waals surface area contributed by atoms with Gasteiger partial charge in [-0.1, -0.05) is 133 Å². The summed E-state index contributed by atoms with van der Waals surface area (Å²) in [5.41, 5.74) is 15.9. The highest BCUT2D eigenvalue weighted by Gasteiger charge is 2.22. The number of aromatic nitrogens is 2. The molecular formula is C54H32N2S. The van der Waals surface area contributed by atoms with Crippen LogP contribution in [0.5, 0.6) is 0 Å². The maximum atomic E-state index is 4.02. The molecule has 4 heterocycles. The van der Waals surface area contributed by atoms with E-state index in [1.807, 2.05) is 11.3 Å². The molecule has 57 heavy (non-hydrogen) atoms. The minimum absolute atomic E-state index is 1.17. The molecule has 0 fully saturated rings. The van der Waals surface area contributed by atoms with Gasteiger partial charge in [-0.15, -0.1) is 11.3 Å². The minimum Gasteiger partial charge on any atom is -0.354 e. The zero-order valence-electron chi connectivity index (χ0n) is 30.8. The highest BCUT2D eigenvalue weighted by Crippen LogP contribution is 2.48. The maximum Gasteiger partial charge on any atom is 0.0620 e. The van der Waals surface area contributed by atoms with E-state index >= 15 is 0 Å². The summed E-state index contributed by atoms with van der Waals surface area (Å²) in [6.07, 6.45) is 0. The molecule has 0 spiro atoms. The monoisotopic (exact) mass is 740 g/mol. The van der Waals surface area contributed by atoms with Gasteiger partial charge in [0.15, 0.2) is 0 Å². The molecular weight excluding hydrogens is 709 g/mol. The fraction of sp³-hybridized carbons (Fsp3) is 0. The van der Waals surface area contributed by atoms with Gasteiger partial charge in [0.25, 0.3) is 0 Å². The quantitative estimate of drug-likeness (QED) is 0.185. The molecule has 0 radical (unpaired) electrons. The van der Waals surface area contributed by atoms with Crippen LogP contribution in [-0.4, -0.2) is 9.38 Å². The zero-order chi connectivity index (χ0) is 37.2. The van der Waals surface area contributed by atoms with Crippen LogP contribution in [0.25, 0.3) is 125 Å². The number of H-pyrrole nitrogens is 1. The first-order valence-electron chi connectivity index (χ1n) is 19.6. The first-order chi connectivity index (χ1) is 28.2. The van der Waals surface area contributed by atoms with Crippen LogP contribution >= 0.6 is 11.3 Å². The van der Waals surface area contributed by atoms with Gasteiger partial charge < -0.3 is 9.38 Å². The van der Waals surface area contributed by atoms with Gasteiger partial charge in [-0.05, 0) is 93.5 Å². The second kappa shape index (κ2) is 11.7. The molecule has 0 saturated heterocycles. The summed E-state index contributed by atoms with van der Waals surface area (Å²) in [6.45, 7) is 0. The van der Waals surface area contributed by atoms with E-state index in [-0.39, 0.29) is 0 Å². The van der Waals surface area contributed by atoms with E-state index in [1.54, 1.807) is 0 Å². The van der Waals surface area contributed by atoms with Gasteiger partial charge in [-0.2, -0.15) is 0 Å². The molecule has 0 bridgehead atoms. The van der Waals surface area contributed by atoms with Crippen molar-refractivity contribution in [3.63, 3.8) is 0 Å². The summed E-state index contributed by atoms with van der Waals surface area (Å²) in [7, 11) is 0. The number of aromatic amines is 1. The van der Waals surface area contributed by atoms with E-state index in [4.69, 9.17) is 0 Å². The summed E-state index contributed by atoms with van der Waals surface area (Å²) >= 11 is 1.90. The lowest BCUT2D eigenvalue weighted by Crippen LogP contribution is -1.88. The zero-order valence-corrected chi connectivity index (χ0v) is 31.6. The van der Waals surface area contributed by atoms with Gasteiger partial charge in [-0.3, -0.25) is 0 Å². The van der Waals surface area contributed by atoms with Crippen LogP contribution in [0.4, 0.5) is 0 Å². The van der Waals surface area contributed by atoms with E-state index in [0.717, 1.165) is 0 Å². The van der Waals surface area contributed by atoms with Crippen LogP contribution < -0.4 is 0 Å². The third kappa shape index (κ3) is 4.46. The third-order valence-corrected chi connectivity index (χ3v) is 13.4. The molecule has 264 valence electrons. The minimum atomic E-state index is 1.17. The molecule has 1 N–H and O–H groups in total. The molecule has 0 saturated carbocycles. The van der Waals surface area contributed by atoms with Gasteiger partial charge >= 0.3 is 0 Å². The summed E-state index contributed by atoms with van der Waals surface area (Å²) in [5.74, 6) is 0. The highest BCUT2D eigenvalue weighted by molar-refractivity contribution is 7.26. The van der Waals surface area contributed by atoms with Crippen molar-refractivity contribution in [1.29, 1.82) is 0 Å². The summed E-state index contributed by atoms with van der Waals surface area (Å²) in [4.78, 5) is 4.02. The third-order valence-electron chi connectivity index (χ3n) is 12.2. The van der Waals surface area contributed by atoms with Crippen molar-refractivity contribution in [3.05, 3.63) is 188 Å². The number of fused-ring (bicyclic) bond motifs is 12. The number of nitrogens with one attached hydrogen (secondary N) is 1. The molecule has 0 aliphatic carbocycles. The topological polar surface area (TPSA) is 20.2 Å². The number of hydrogen-bond donors (Lipinski definition) is 1. The van der Waals surface area contributed by atoms with Crippen molar-refractivity contribution < 1.29 is 0 Å². The normalized spacial score (nSPS) is 12.2. The summed E-state index contributed by atoms with van der Waals surface area (Å²) in [6, 6.07) is 69.4. The molecule has 0 amide bonds. The lowest BCUT2D eigenvalue weighted by atomic mass is 9.91. The van der Waals surface area contributed by atoms with Gasteiger partial charge in [-0.25, -0.2) is 0 Å². The second-order valence-corrected chi connectivity index (χ2v) is 16.4. The average Bonchev–Trinajstić information content (AvgIpc) is 4.02. The van der Waals surface area contributed by atoms with E-state index in [9.17, 15) is 0 Å². The molecule has 0 unspecified atom stereocenters. The first-order valence-corrected chi connectivity index (χ1v) is 20.4. The van der Waals surface area contributed by atoms with Crippen LogP contribution in [0, 0.1) is 0 Å². The number of nitrogens with zero attached hydrogens (tertiary/aromatic N) is 1. The van der Waals surface area contributed by atoms with E-state index in [1.165, 1.54) is 125 Å². The summed E-state index contributed by atoms with van der Waals surface area (Å²) < 4.78 is 5.11. The van der Waals surface area contributed by atoms with Crippen molar-refractivity contribution in [2.45, 2.75) is 0 Å². The molecule has 9 aromatic carbocycles. The molecule has 0 atom stereocenters. The van der Waals surface area contributed by atoms with Gasteiger partial charge in [0.2, 0.25) is 0 Å². The van der Waals surface area contributed by atoms with E-state index in [0.29, 0.717) is 0 Å². The Morgan fingerprint density at radius 2 is 0.930 bits per heavy atom. The maximum absolute atomic E-state index is 4.02. The Morgan fingerprint density at radius 3 is 1.70 bits per heavy atom. The molecule has 13 rings (SSSR count). The Labute approximate surface area is 331 Å². The van der Waals surface area contributed by atoms with Gasteiger partial charge in [0.1, 0.15) is 0 Å². The summed E-state index contributed by atoms with van der Waals surface area (Å²) in [5, 5.41) is 10.3. The van der Waals surface area contributed by atoms with Crippen LogP contribution in [0.1, 0.15) is 0 Å².